The Morgan fingerprint density at radius 3 is 2.79 bits per heavy atom. The van der Waals surface area contributed by atoms with Gasteiger partial charge in [-0.05, 0) is 6.07 Å². The molecule has 14 heavy (non-hydrogen) atoms. The average Bonchev–Trinajstić information content (AvgIpc) is 2.12. The molecule has 0 amide bonds. The van der Waals surface area contributed by atoms with E-state index in [1.54, 1.807) is 12.1 Å². The van der Waals surface area contributed by atoms with Gasteiger partial charge in [-0.3, -0.25) is 0 Å². The standard InChI is InChI=1S/C10H12BrNO2/c1-7(11)5-12-6-8-3-2-4-9(13)10(8)14/h2-4,12-14H,1,5-6H2. The van der Waals surface area contributed by atoms with Crippen molar-refractivity contribution >= 4 is 15.9 Å². The van der Waals surface area contributed by atoms with Gasteiger partial charge in [-0.2, -0.15) is 0 Å². The van der Waals surface area contributed by atoms with Crippen molar-refractivity contribution < 1.29 is 10.2 Å². The third kappa shape index (κ3) is 3.05. The summed E-state index contributed by atoms with van der Waals surface area (Å²) in [6.45, 7) is 4.78. The number of halogens is 1. The minimum absolute atomic E-state index is 0.0693. The lowest BCUT2D eigenvalue weighted by Crippen LogP contribution is -2.14. The Kier molecular flexibility index (Phi) is 3.98. The zero-order valence-electron chi connectivity index (χ0n) is 7.63. The second-order valence-corrected chi connectivity index (χ2v) is 4.03. The Morgan fingerprint density at radius 1 is 1.43 bits per heavy atom. The van der Waals surface area contributed by atoms with Gasteiger partial charge in [0.2, 0.25) is 0 Å². The fourth-order valence-corrected chi connectivity index (χ4v) is 1.25. The van der Waals surface area contributed by atoms with Crippen molar-refractivity contribution in [3.05, 3.63) is 34.8 Å². The predicted molar refractivity (Wildman–Crippen MR) is 59.5 cm³/mol. The maximum Gasteiger partial charge on any atom is 0.161 e. The first kappa shape index (κ1) is 11.1. The van der Waals surface area contributed by atoms with Crippen LogP contribution in [0.1, 0.15) is 5.56 Å². The monoisotopic (exact) mass is 257 g/mol. The highest BCUT2D eigenvalue weighted by atomic mass is 79.9. The Balaban J connectivity index is 2.59. The Hall–Kier alpha value is -1.00. The molecule has 0 aliphatic heterocycles. The van der Waals surface area contributed by atoms with Crippen molar-refractivity contribution in [2.24, 2.45) is 0 Å². The number of nitrogens with one attached hydrogen (secondary N) is 1. The molecule has 0 unspecified atom stereocenters. The van der Waals surface area contributed by atoms with Gasteiger partial charge in [0.25, 0.3) is 0 Å². The number of hydrogen-bond donors (Lipinski definition) is 3. The maximum atomic E-state index is 9.44. The van der Waals surface area contributed by atoms with Crippen molar-refractivity contribution in [1.29, 1.82) is 0 Å². The lowest BCUT2D eigenvalue weighted by molar-refractivity contribution is 0.398. The van der Waals surface area contributed by atoms with Gasteiger partial charge in [-0.1, -0.05) is 34.6 Å². The van der Waals surface area contributed by atoms with Crippen molar-refractivity contribution in [1.82, 2.24) is 5.32 Å². The van der Waals surface area contributed by atoms with Gasteiger partial charge < -0.3 is 15.5 Å². The molecule has 0 fully saturated rings. The van der Waals surface area contributed by atoms with Gasteiger partial charge in [-0.15, -0.1) is 0 Å². The first-order valence-corrected chi connectivity index (χ1v) is 4.94. The molecule has 3 nitrogen and oxygen atoms in total. The molecule has 3 N–H and O–H groups in total. The minimum atomic E-state index is -0.0954. The number of aromatic hydroxyl groups is 2. The summed E-state index contributed by atoms with van der Waals surface area (Å²) in [7, 11) is 0. The van der Waals surface area contributed by atoms with Crippen LogP contribution in [0.5, 0.6) is 11.5 Å². The highest BCUT2D eigenvalue weighted by molar-refractivity contribution is 9.11. The van der Waals surface area contributed by atoms with Crippen LogP contribution in [0.25, 0.3) is 0 Å². The number of para-hydroxylation sites is 1. The molecule has 0 heterocycles. The van der Waals surface area contributed by atoms with Gasteiger partial charge >= 0.3 is 0 Å². The van der Waals surface area contributed by atoms with Crippen LogP contribution in [0.2, 0.25) is 0 Å². The lowest BCUT2D eigenvalue weighted by Gasteiger charge is -2.06. The fourth-order valence-electron chi connectivity index (χ4n) is 1.05. The number of benzene rings is 1. The summed E-state index contributed by atoms with van der Waals surface area (Å²) >= 11 is 3.21. The van der Waals surface area contributed by atoms with Gasteiger partial charge in [-0.25, -0.2) is 0 Å². The summed E-state index contributed by atoms with van der Waals surface area (Å²) in [5, 5.41) is 21.7. The summed E-state index contributed by atoms with van der Waals surface area (Å²) in [5.74, 6) is -0.165. The van der Waals surface area contributed by atoms with Crippen molar-refractivity contribution in [3.8, 4) is 11.5 Å². The smallest absolute Gasteiger partial charge is 0.161 e. The quantitative estimate of drug-likeness (QED) is 0.725. The van der Waals surface area contributed by atoms with E-state index in [-0.39, 0.29) is 11.5 Å². The molecule has 0 bridgehead atoms. The molecule has 1 aromatic rings. The topological polar surface area (TPSA) is 52.5 Å². The maximum absolute atomic E-state index is 9.44. The summed E-state index contributed by atoms with van der Waals surface area (Å²) in [5.41, 5.74) is 0.666. The van der Waals surface area contributed by atoms with Crippen LogP contribution in [0.3, 0.4) is 0 Å². The van der Waals surface area contributed by atoms with Crippen LogP contribution in [-0.4, -0.2) is 16.8 Å². The number of rotatable bonds is 4. The van der Waals surface area contributed by atoms with Crippen molar-refractivity contribution in [3.63, 3.8) is 0 Å². The molecule has 76 valence electrons. The van der Waals surface area contributed by atoms with E-state index in [1.165, 1.54) is 6.07 Å². The third-order valence-electron chi connectivity index (χ3n) is 1.73. The SMILES string of the molecule is C=C(Br)CNCc1cccc(O)c1O. The Morgan fingerprint density at radius 2 is 2.14 bits per heavy atom. The van der Waals surface area contributed by atoms with Gasteiger partial charge in [0, 0.05) is 23.1 Å². The second kappa shape index (κ2) is 5.02. The van der Waals surface area contributed by atoms with Crippen LogP contribution in [0.15, 0.2) is 29.3 Å². The number of phenolic OH excluding ortho intramolecular Hbond substituents is 2. The van der Waals surface area contributed by atoms with Gasteiger partial charge in [0.15, 0.2) is 11.5 Å². The molecule has 4 heteroatoms. The van der Waals surface area contributed by atoms with E-state index in [9.17, 15) is 10.2 Å². The summed E-state index contributed by atoms with van der Waals surface area (Å²) in [6.07, 6.45) is 0. The van der Waals surface area contributed by atoms with E-state index in [0.717, 1.165) is 4.48 Å². The van der Waals surface area contributed by atoms with Crippen LogP contribution < -0.4 is 5.32 Å². The first-order valence-electron chi connectivity index (χ1n) is 4.15. The zero-order chi connectivity index (χ0) is 10.6. The van der Waals surface area contributed by atoms with E-state index in [1.807, 2.05) is 0 Å². The number of hydrogen-bond acceptors (Lipinski definition) is 3. The molecule has 0 saturated heterocycles. The predicted octanol–water partition coefficient (Wildman–Crippen LogP) is 2.10. The van der Waals surface area contributed by atoms with E-state index >= 15 is 0 Å². The Labute approximate surface area is 91.2 Å². The molecule has 0 aliphatic rings. The fraction of sp³-hybridized carbons (Fsp3) is 0.200. The van der Waals surface area contributed by atoms with Crippen LogP contribution in [0, 0.1) is 0 Å². The van der Waals surface area contributed by atoms with Crippen LogP contribution >= 0.6 is 15.9 Å². The molecule has 0 aromatic heterocycles. The molecule has 0 atom stereocenters. The van der Waals surface area contributed by atoms with Crippen LogP contribution in [-0.2, 0) is 6.54 Å². The number of phenols is 2. The molecular weight excluding hydrogens is 246 g/mol. The summed E-state index contributed by atoms with van der Waals surface area (Å²) in [6, 6.07) is 4.89. The van der Waals surface area contributed by atoms with E-state index in [2.05, 4.69) is 27.8 Å². The largest absolute Gasteiger partial charge is 0.504 e. The second-order valence-electron chi connectivity index (χ2n) is 2.91. The molecule has 0 saturated carbocycles. The van der Waals surface area contributed by atoms with Crippen molar-refractivity contribution in [2.45, 2.75) is 6.54 Å². The molecule has 1 aromatic carbocycles. The molecule has 0 aliphatic carbocycles. The highest BCUT2D eigenvalue weighted by Gasteiger charge is 2.04. The first-order chi connectivity index (χ1) is 6.61. The van der Waals surface area contributed by atoms with E-state index in [0.29, 0.717) is 18.7 Å². The molecule has 0 spiro atoms. The van der Waals surface area contributed by atoms with Crippen LogP contribution in [0.4, 0.5) is 0 Å². The minimum Gasteiger partial charge on any atom is -0.504 e. The molecule has 1 rings (SSSR count). The average molecular weight is 258 g/mol. The van der Waals surface area contributed by atoms with Gasteiger partial charge in [0.05, 0.1) is 0 Å². The lowest BCUT2D eigenvalue weighted by atomic mass is 10.2. The van der Waals surface area contributed by atoms with Crippen molar-refractivity contribution in [2.75, 3.05) is 6.54 Å². The summed E-state index contributed by atoms with van der Waals surface area (Å²) in [4.78, 5) is 0. The third-order valence-corrected chi connectivity index (χ3v) is 2.01. The highest BCUT2D eigenvalue weighted by Crippen LogP contribution is 2.27. The van der Waals surface area contributed by atoms with E-state index in [4.69, 9.17) is 0 Å². The molecular formula is C10H12BrNO2. The zero-order valence-corrected chi connectivity index (χ0v) is 9.21. The normalized spacial score (nSPS) is 10.1. The van der Waals surface area contributed by atoms with Gasteiger partial charge in [0.1, 0.15) is 0 Å². The molecule has 0 radical (unpaired) electrons. The summed E-state index contributed by atoms with van der Waals surface area (Å²) < 4.78 is 0.845. The Bertz CT molecular complexity index is 339. The van der Waals surface area contributed by atoms with E-state index < -0.39 is 0 Å².